The molecule has 0 spiro atoms. The predicted molar refractivity (Wildman–Crippen MR) is 93.8 cm³/mol. The van der Waals surface area contributed by atoms with Gasteiger partial charge in [0.2, 0.25) is 0 Å². The lowest BCUT2D eigenvalue weighted by Gasteiger charge is -2.32. The van der Waals surface area contributed by atoms with Gasteiger partial charge in [-0.05, 0) is 56.6 Å². The first-order valence-electron chi connectivity index (χ1n) is 7.87. The molecule has 0 atom stereocenters. The molecule has 0 saturated heterocycles. The summed E-state index contributed by atoms with van der Waals surface area (Å²) in [6, 6.07) is 0. The molecule has 0 aromatic heterocycles. The monoisotopic (exact) mass is 300 g/mol. The Morgan fingerprint density at radius 3 is 2.45 bits per heavy atom. The van der Waals surface area contributed by atoms with E-state index in [1.165, 1.54) is 36.5 Å². The number of allylic oxidation sites excluding steroid dienone is 9. The lowest BCUT2D eigenvalue weighted by molar-refractivity contribution is -0.131. The van der Waals surface area contributed by atoms with E-state index in [1.54, 1.807) is 13.0 Å². The third kappa shape index (κ3) is 5.88. The molecule has 120 valence electrons. The van der Waals surface area contributed by atoms with Gasteiger partial charge in [-0.3, -0.25) is 0 Å². The highest BCUT2D eigenvalue weighted by Crippen LogP contribution is 2.40. The van der Waals surface area contributed by atoms with Gasteiger partial charge in [0, 0.05) is 6.08 Å². The lowest BCUT2D eigenvalue weighted by atomic mass is 9.72. The van der Waals surface area contributed by atoms with E-state index >= 15 is 0 Å². The van der Waals surface area contributed by atoms with Crippen LogP contribution >= 0.6 is 0 Å². The van der Waals surface area contributed by atoms with Crippen molar-refractivity contribution >= 4 is 5.97 Å². The van der Waals surface area contributed by atoms with E-state index in [1.807, 2.05) is 12.2 Å². The van der Waals surface area contributed by atoms with Crippen LogP contribution in [0.1, 0.15) is 53.9 Å². The third-order valence-corrected chi connectivity index (χ3v) is 4.12. The summed E-state index contributed by atoms with van der Waals surface area (Å²) >= 11 is 0. The molecule has 0 aromatic carbocycles. The molecule has 0 aliphatic heterocycles. The summed E-state index contributed by atoms with van der Waals surface area (Å²) in [6.07, 6.45) is 15.0. The fourth-order valence-corrected chi connectivity index (χ4v) is 2.88. The summed E-state index contributed by atoms with van der Waals surface area (Å²) in [4.78, 5) is 10.5. The Labute approximate surface area is 134 Å². The summed E-state index contributed by atoms with van der Waals surface area (Å²) in [7, 11) is 0. The molecule has 1 N–H and O–H groups in total. The Hall–Kier alpha value is -1.83. The maximum absolute atomic E-state index is 10.5. The van der Waals surface area contributed by atoms with Crippen molar-refractivity contribution in [2.24, 2.45) is 5.41 Å². The van der Waals surface area contributed by atoms with Gasteiger partial charge in [0.05, 0.1) is 0 Å². The maximum atomic E-state index is 10.5. The van der Waals surface area contributed by atoms with E-state index in [9.17, 15) is 4.79 Å². The second kappa shape index (κ2) is 7.98. The van der Waals surface area contributed by atoms with E-state index in [4.69, 9.17) is 5.11 Å². The first-order chi connectivity index (χ1) is 10.2. The molecule has 1 rings (SSSR count). The summed E-state index contributed by atoms with van der Waals surface area (Å²) in [5.41, 5.74) is 5.09. The van der Waals surface area contributed by atoms with Crippen molar-refractivity contribution in [3.05, 3.63) is 58.7 Å². The van der Waals surface area contributed by atoms with E-state index in [0.717, 1.165) is 11.1 Å². The van der Waals surface area contributed by atoms with Crippen LogP contribution in [0.15, 0.2) is 58.7 Å². The molecule has 0 radical (unpaired) electrons. The second-order valence-corrected chi connectivity index (χ2v) is 6.76. The van der Waals surface area contributed by atoms with Crippen LogP contribution in [0.2, 0.25) is 0 Å². The number of carboxylic acids is 1. The largest absolute Gasteiger partial charge is 0.478 e. The van der Waals surface area contributed by atoms with Gasteiger partial charge in [-0.1, -0.05) is 55.4 Å². The van der Waals surface area contributed by atoms with Crippen LogP contribution in [0.4, 0.5) is 0 Å². The van der Waals surface area contributed by atoms with Crippen LogP contribution in [0.3, 0.4) is 0 Å². The van der Waals surface area contributed by atoms with Crippen molar-refractivity contribution < 1.29 is 9.90 Å². The van der Waals surface area contributed by atoms with Crippen molar-refractivity contribution in [1.82, 2.24) is 0 Å². The second-order valence-electron chi connectivity index (χ2n) is 6.76. The highest BCUT2D eigenvalue weighted by Gasteiger charge is 2.26. The molecule has 0 saturated carbocycles. The molecule has 0 bridgehead atoms. The quantitative estimate of drug-likeness (QED) is 0.530. The number of carboxylic acid groups (broad SMARTS) is 1. The molecule has 2 nitrogen and oxygen atoms in total. The Morgan fingerprint density at radius 1 is 1.18 bits per heavy atom. The molecule has 1 aliphatic rings. The van der Waals surface area contributed by atoms with Crippen molar-refractivity contribution in [3.8, 4) is 0 Å². The van der Waals surface area contributed by atoms with Crippen LogP contribution in [-0.4, -0.2) is 11.1 Å². The summed E-state index contributed by atoms with van der Waals surface area (Å²) < 4.78 is 0. The average Bonchev–Trinajstić information content (AvgIpc) is 2.36. The minimum Gasteiger partial charge on any atom is -0.478 e. The summed E-state index contributed by atoms with van der Waals surface area (Å²) in [6.45, 7) is 10.7. The zero-order valence-corrected chi connectivity index (χ0v) is 14.4. The van der Waals surface area contributed by atoms with Crippen LogP contribution in [0, 0.1) is 5.41 Å². The Morgan fingerprint density at radius 2 is 1.86 bits per heavy atom. The molecule has 0 unspecified atom stereocenters. The van der Waals surface area contributed by atoms with Gasteiger partial charge < -0.3 is 5.11 Å². The maximum Gasteiger partial charge on any atom is 0.328 e. The van der Waals surface area contributed by atoms with Gasteiger partial charge in [-0.15, -0.1) is 0 Å². The number of hydrogen-bond donors (Lipinski definition) is 1. The topological polar surface area (TPSA) is 37.3 Å². The number of rotatable bonds is 5. The van der Waals surface area contributed by atoms with Gasteiger partial charge in [-0.25, -0.2) is 4.79 Å². The molecule has 0 heterocycles. The number of carbonyl (C=O) groups is 1. The smallest absolute Gasteiger partial charge is 0.328 e. The van der Waals surface area contributed by atoms with E-state index in [-0.39, 0.29) is 5.41 Å². The average molecular weight is 300 g/mol. The number of aliphatic carboxylic acids is 1. The molecule has 0 fully saturated rings. The van der Waals surface area contributed by atoms with Crippen molar-refractivity contribution in [2.45, 2.75) is 53.9 Å². The summed E-state index contributed by atoms with van der Waals surface area (Å²) in [5, 5.41) is 8.65. The van der Waals surface area contributed by atoms with Gasteiger partial charge >= 0.3 is 5.97 Å². The lowest BCUT2D eigenvalue weighted by Crippen LogP contribution is -2.19. The molecule has 1 aliphatic carbocycles. The number of hydrogen-bond acceptors (Lipinski definition) is 1. The highest BCUT2D eigenvalue weighted by atomic mass is 16.4. The fraction of sp³-hybridized carbons (Fsp3) is 0.450. The van der Waals surface area contributed by atoms with E-state index < -0.39 is 5.97 Å². The van der Waals surface area contributed by atoms with Gasteiger partial charge in [-0.2, -0.15) is 0 Å². The molecule has 0 amide bonds. The van der Waals surface area contributed by atoms with Crippen LogP contribution in [0.5, 0.6) is 0 Å². The third-order valence-electron chi connectivity index (χ3n) is 4.12. The minimum atomic E-state index is -0.912. The zero-order chi connectivity index (χ0) is 16.8. The van der Waals surface area contributed by atoms with E-state index in [2.05, 4.69) is 39.8 Å². The Balaban J connectivity index is 2.79. The van der Waals surface area contributed by atoms with Crippen LogP contribution < -0.4 is 0 Å². The van der Waals surface area contributed by atoms with Gasteiger partial charge in [0.1, 0.15) is 0 Å². The van der Waals surface area contributed by atoms with Gasteiger partial charge in [0.25, 0.3) is 0 Å². The SMILES string of the molecule is CC(C=CC1=C(C)CCCC1(C)C)=C/C=C\C(C)=C/C(=O)O. The molecular weight excluding hydrogens is 272 g/mol. The Kier molecular flexibility index (Phi) is 6.61. The van der Waals surface area contributed by atoms with Crippen LogP contribution in [0.25, 0.3) is 0 Å². The molecule has 22 heavy (non-hydrogen) atoms. The zero-order valence-electron chi connectivity index (χ0n) is 14.4. The van der Waals surface area contributed by atoms with Gasteiger partial charge in [0.15, 0.2) is 0 Å². The molecular formula is C20H28O2. The van der Waals surface area contributed by atoms with Crippen molar-refractivity contribution in [2.75, 3.05) is 0 Å². The first-order valence-corrected chi connectivity index (χ1v) is 7.87. The first kappa shape index (κ1) is 18.2. The minimum absolute atomic E-state index is 0.260. The standard InChI is InChI=1S/C20H28O2/c1-15(8-6-9-16(2)14-19(21)22)11-12-18-17(3)10-7-13-20(18,4)5/h6,8-9,11-12,14H,7,10,13H2,1-5H3,(H,21,22)/b9-6-,12-11?,15-8?,16-14-. The fourth-order valence-electron chi connectivity index (χ4n) is 2.88. The molecule has 2 heteroatoms. The predicted octanol–water partition coefficient (Wildman–Crippen LogP) is 5.60. The van der Waals surface area contributed by atoms with Crippen LogP contribution in [-0.2, 0) is 4.79 Å². The normalized spacial score (nSPS) is 20.2. The van der Waals surface area contributed by atoms with E-state index in [0.29, 0.717) is 0 Å². The molecule has 0 aromatic rings. The van der Waals surface area contributed by atoms with Crippen molar-refractivity contribution in [3.63, 3.8) is 0 Å². The highest BCUT2D eigenvalue weighted by molar-refractivity contribution is 5.81. The summed E-state index contributed by atoms with van der Waals surface area (Å²) in [5.74, 6) is -0.912. The van der Waals surface area contributed by atoms with Crippen molar-refractivity contribution in [1.29, 1.82) is 0 Å². The Bertz CT molecular complexity index is 567.